The van der Waals surface area contributed by atoms with Gasteiger partial charge >= 0.3 is 5.97 Å². The zero-order valence-electron chi connectivity index (χ0n) is 21.9. The van der Waals surface area contributed by atoms with Crippen molar-refractivity contribution in [1.82, 2.24) is 0 Å². The van der Waals surface area contributed by atoms with E-state index in [9.17, 15) is 9.59 Å². The summed E-state index contributed by atoms with van der Waals surface area (Å²) in [5.74, 6) is -1.57. The van der Waals surface area contributed by atoms with Gasteiger partial charge in [0.1, 0.15) is 5.92 Å². The molecule has 0 aromatic heterocycles. The third-order valence-electron chi connectivity index (χ3n) is 6.02. The zero-order chi connectivity index (χ0) is 25.7. The van der Waals surface area contributed by atoms with E-state index in [4.69, 9.17) is 9.30 Å². The number of Topliss-reactive ketones (excluding diaryl/α,β-unsaturated/α-hetero) is 1. The maximum Gasteiger partial charge on any atom is 0.321 e. The highest BCUT2D eigenvalue weighted by molar-refractivity contribution is 7.00. The summed E-state index contributed by atoms with van der Waals surface area (Å²) >= 11 is 0. The molecule has 0 saturated heterocycles. The fourth-order valence-corrected chi connectivity index (χ4v) is 4.11. The van der Waals surface area contributed by atoms with Gasteiger partial charge in [-0.15, -0.1) is 0 Å². The molecular formula is C29H43O4P. The second-order valence-corrected chi connectivity index (χ2v) is 9.88. The van der Waals surface area contributed by atoms with E-state index in [-0.39, 0.29) is 11.2 Å². The van der Waals surface area contributed by atoms with Crippen LogP contribution in [0.4, 0.5) is 0 Å². The zero-order valence-corrected chi connectivity index (χ0v) is 23.3. The molecule has 5 heteroatoms. The molecule has 0 saturated carbocycles. The van der Waals surface area contributed by atoms with E-state index >= 15 is 0 Å². The molecule has 0 amide bonds. The summed E-state index contributed by atoms with van der Waals surface area (Å²) in [5.41, 5.74) is 4.30. The Bertz CT molecular complexity index is 892. The highest BCUT2D eigenvalue weighted by atomic mass is 31.0. The van der Waals surface area contributed by atoms with Crippen LogP contribution in [-0.2, 0) is 19.5 Å². The van der Waals surface area contributed by atoms with Crippen molar-refractivity contribution in [2.24, 2.45) is 0 Å². The number of hydrogen-bond donors (Lipinski definition) is 0. The number of ketones is 1. The van der Waals surface area contributed by atoms with Crippen LogP contribution in [0.15, 0.2) is 42.5 Å². The van der Waals surface area contributed by atoms with Gasteiger partial charge in [0.2, 0.25) is 0 Å². The fourth-order valence-electron chi connectivity index (χ4n) is 4.11. The molecule has 0 fully saturated rings. The Morgan fingerprint density at radius 3 is 1.94 bits per heavy atom. The fraction of sp³-hybridized carbons (Fsp3) is 0.517. The minimum absolute atomic E-state index is 0.00795. The predicted molar refractivity (Wildman–Crippen MR) is 144 cm³/mol. The first-order valence-corrected chi connectivity index (χ1v) is 12.9. The Labute approximate surface area is 208 Å². The first kappa shape index (κ1) is 29.8. The van der Waals surface area contributed by atoms with Gasteiger partial charge in [-0.2, -0.15) is 0 Å². The van der Waals surface area contributed by atoms with Crippen molar-refractivity contribution in [2.75, 3.05) is 6.61 Å². The van der Waals surface area contributed by atoms with E-state index in [1.807, 2.05) is 44.2 Å². The van der Waals surface area contributed by atoms with E-state index in [0.717, 1.165) is 30.4 Å². The van der Waals surface area contributed by atoms with Crippen molar-refractivity contribution < 1.29 is 18.9 Å². The molecule has 188 valence electrons. The number of carbonyl (C=O) groups is 2. The molecule has 2 unspecified atom stereocenters. The number of unbranched alkanes of at least 4 members (excludes halogenated alkanes) is 5. The largest absolute Gasteiger partial charge is 0.465 e. The Kier molecular flexibility index (Phi) is 13.1. The number of aryl methyl sites for hydroxylation is 2. The number of carbonyl (C=O) groups excluding carboxylic acids is 2. The second-order valence-electron chi connectivity index (χ2n) is 9.88. The van der Waals surface area contributed by atoms with Gasteiger partial charge in [-0.3, -0.25) is 9.59 Å². The Morgan fingerprint density at radius 1 is 0.882 bits per heavy atom. The van der Waals surface area contributed by atoms with Crippen molar-refractivity contribution in [1.29, 1.82) is 0 Å². The summed E-state index contributed by atoms with van der Waals surface area (Å²) < 4.78 is 13.9. The maximum absolute atomic E-state index is 13.7. The third kappa shape index (κ3) is 8.87. The first-order valence-electron chi connectivity index (χ1n) is 12.3. The van der Waals surface area contributed by atoms with Crippen LogP contribution >= 0.6 is 9.12 Å². The molecule has 34 heavy (non-hydrogen) atoms. The van der Waals surface area contributed by atoms with Crippen LogP contribution in [-0.4, -0.2) is 18.4 Å². The Morgan fingerprint density at radius 2 is 1.41 bits per heavy atom. The summed E-state index contributed by atoms with van der Waals surface area (Å²) in [5, 5.41) is 0. The quantitative estimate of drug-likeness (QED) is 0.109. The lowest BCUT2D eigenvalue weighted by Gasteiger charge is -2.23. The van der Waals surface area contributed by atoms with Crippen LogP contribution < -0.4 is 0 Å². The van der Waals surface area contributed by atoms with Gasteiger partial charge in [0, 0.05) is 5.56 Å². The predicted octanol–water partition coefficient (Wildman–Crippen LogP) is 7.41. The third-order valence-corrected chi connectivity index (χ3v) is 6.02. The van der Waals surface area contributed by atoms with Crippen molar-refractivity contribution in [3.05, 3.63) is 70.3 Å². The lowest BCUT2D eigenvalue weighted by Crippen LogP contribution is -2.26. The van der Waals surface area contributed by atoms with Crippen LogP contribution in [0.5, 0.6) is 0 Å². The number of benzene rings is 2. The van der Waals surface area contributed by atoms with Gasteiger partial charge in [0.25, 0.3) is 0 Å². The molecular weight excluding hydrogens is 443 g/mol. The summed E-state index contributed by atoms with van der Waals surface area (Å²) in [4.78, 5) is 26.8. The normalized spacial score (nSPS) is 11.9. The van der Waals surface area contributed by atoms with Gasteiger partial charge < -0.3 is 9.30 Å². The van der Waals surface area contributed by atoms with Gasteiger partial charge in [0.05, 0.1) is 15.7 Å². The summed E-state index contributed by atoms with van der Waals surface area (Å²) in [7, 11) is 0.611. The van der Waals surface area contributed by atoms with Crippen LogP contribution in [0.2, 0.25) is 0 Å². The van der Waals surface area contributed by atoms with Crippen LogP contribution in [0, 0.1) is 13.8 Å². The average molecular weight is 487 g/mol. The topological polar surface area (TPSA) is 60.4 Å². The summed E-state index contributed by atoms with van der Waals surface area (Å²) in [6.45, 7) is 13.0. The lowest BCUT2D eigenvalue weighted by molar-refractivity contribution is -0.144. The van der Waals surface area contributed by atoms with E-state index in [2.05, 4.69) is 39.8 Å². The number of ether oxygens (including phenoxy) is 1. The van der Waals surface area contributed by atoms with E-state index in [1.54, 1.807) is 0 Å². The van der Waals surface area contributed by atoms with Gasteiger partial charge in [-0.1, -0.05) is 102 Å². The molecule has 0 aliphatic rings. The smallest absolute Gasteiger partial charge is 0.321 e. The molecule has 2 aromatic carbocycles. The van der Waals surface area contributed by atoms with Crippen molar-refractivity contribution in [3.8, 4) is 0 Å². The minimum atomic E-state index is -0.936. The Hall–Kier alpha value is -2.19. The van der Waals surface area contributed by atoms with E-state index < -0.39 is 11.9 Å². The summed E-state index contributed by atoms with van der Waals surface area (Å²) in [6, 6.07) is 13.4. The number of rotatable bonds is 11. The molecule has 0 aliphatic heterocycles. The highest BCUT2D eigenvalue weighted by Crippen LogP contribution is 2.31. The van der Waals surface area contributed by atoms with Gasteiger partial charge in [-0.05, 0) is 47.9 Å². The second kappa shape index (κ2) is 14.9. The molecule has 0 aliphatic carbocycles. The first-order chi connectivity index (χ1) is 16.2. The summed E-state index contributed by atoms with van der Waals surface area (Å²) in [6.07, 6.45) is 6.72. The van der Waals surface area contributed by atoms with E-state index in [0.29, 0.717) is 26.9 Å². The number of esters is 1. The van der Waals surface area contributed by atoms with Gasteiger partial charge in [0.15, 0.2) is 5.78 Å². The monoisotopic (exact) mass is 486 g/mol. The SMILES string of the molecule is CCCCCCCCOC(=O)C(C(=O)c1c(C)cc(C(C)(C)C)cc1C)c1ccccc1.O=[PH3]. The van der Waals surface area contributed by atoms with Crippen molar-refractivity contribution >= 4 is 20.9 Å². The Balaban J connectivity index is 0.00000281. The van der Waals surface area contributed by atoms with Crippen molar-refractivity contribution in [2.45, 2.75) is 91.4 Å². The maximum atomic E-state index is 13.7. The van der Waals surface area contributed by atoms with E-state index in [1.165, 1.54) is 24.8 Å². The minimum Gasteiger partial charge on any atom is -0.465 e. The highest BCUT2D eigenvalue weighted by Gasteiger charge is 2.33. The average Bonchev–Trinajstić information content (AvgIpc) is 2.79. The molecule has 2 rings (SSSR count). The molecule has 0 N–H and O–H groups in total. The van der Waals surface area contributed by atoms with Crippen LogP contribution in [0.25, 0.3) is 0 Å². The molecule has 2 atom stereocenters. The number of hydrogen-bond acceptors (Lipinski definition) is 4. The van der Waals surface area contributed by atoms with Crippen LogP contribution in [0.3, 0.4) is 0 Å². The standard InChI is InChI=1S/C29H40O3.H3OP/c1-7-8-9-10-11-15-18-32-28(31)26(23-16-13-12-14-17-23)27(30)25-21(2)19-24(20-22(25)3)29(4,5)6;1-2/h12-14,16-17,19-20,26H,7-11,15,18H2,1-6H3;2H3. The van der Waals surface area contributed by atoms with Crippen molar-refractivity contribution in [3.63, 3.8) is 0 Å². The van der Waals surface area contributed by atoms with Crippen LogP contribution in [0.1, 0.15) is 105 Å². The van der Waals surface area contributed by atoms with Gasteiger partial charge in [-0.25, -0.2) is 0 Å². The lowest BCUT2D eigenvalue weighted by atomic mass is 9.81. The molecule has 2 aromatic rings. The molecule has 0 spiro atoms. The molecule has 0 radical (unpaired) electrons. The molecule has 4 nitrogen and oxygen atoms in total. The molecule has 0 heterocycles. The molecule has 0 bridgehead atoms.